The molecule has 44 heavy (non-hydrogen) atoms. The van der Waals surface area contributed by atoms with Crippen molar-refractivity contribution < 1.29 is 51.2 Å². The van der Waals surface area contributed by atoms with Crippen LogP contribution in [0.4, 0.5) is 0 Å². The summed E-state index contributed by atoms with van der Waals surface area (Å²) in [6, 6.07) is 0. The molecule has 2 N–H and O–H groups in total. The molecule has 0 saturated heterocycles. The number of hydrogen-bond donors (Lipinski definition) is 2. The van der Waals surface area contributed by atoms with Gasteiger partial charge in [-0.1, -0.05) is 47.1 Å². The Morgan fingerprint density at radius 2 is 1.48 bits per heavy atom. The first kappa shape index (κ1) is 40.5. The van der Waals surface area contributed by atoms with Crippen LogP contribution in [0.3, 0.4) is 0 Å². The van der Waals surface area contributed by atoms with Crippen LogP contribution in [-0.2, 0) is 41.0 Å². The SMILES string of the molecule is CC1(C)[C@@H](OC(=O)CCC(=O)O)CC[C@]2(C)[C@H]3C(=O)C=C4[C@@H]5C[C@@](C)(C(=O)O)CC[C@]5(C)CC[C@@]4(C)[C@]3(C)CC[C@@H]12.[Fe].[NaH].[NaH]. The summed E-state index contributed by atoms with van der Waals surface area (Å²) in [6.45, 7) is 15.5. The number of rotatable bonds is 5. The van der Waals surface area contributed by atoms with E-state index in [-0.39, 0.29) is 146 Å². The Labute approximate surface area is 318 Å². The number of ether oxygens (including phenoxy) is 1. The summed E-state index contributed by atoms with van der Waals surface area (Å²) >= 11 is 0. The molecule has 0 radical (unpaired) electrons. The van der Waals surface area contributed by atoms with E-state index in [0.29, 0.717) is 19.3 Å². The summed E-state index contributed by atoms with van der Waals surface area (Å²) in [7, 11) is 0. The minimum absolute atomic E-state index is 0. The topological polar surface area (TPSA) is 118 Å². The predicted octanol–water partition coefficient (Wildman–Crippen LogP) is 5.53. The van der Waals surface area contributed by atoms with E-state index >= 15 is 0 Å². The molecule has 0 spiro atoms. The third kappa shape index (κ3) is 6.05. The van der Waals surface area contributed by atoms with Gasteiger partial charge in [0.05, 0.1) is 18.3 Å². The van der Waals surface area contributed by atoms with Gasteiger partial charge in [-0.2, -0.15) is 0 Å². The van der Waals surface area contributed by atoms with Gasteiger partial charge in [-0.25, -0.2) is 0 Å². The number of hydrogen-bond acceptors (Lipinski definition) is 5. The molecule has 4 fully saturated rings. The molecular formula is C34H52FeNa2O7. The summed E-state index contributed by atoms with van der Waals surface area (Å²) in [5.41, 5.74) is -0.553. The summed E-state index contributed by atoms with van der Waals surface area (Å²) in [4.78, 5) is 50.3. The molecule has 0 aromatic rings. The van der Waals surface area contributed by atoms with E-state index < -0.39 is 23.3 Å². The summed E-state index contributed by atoms with van der Waals surface area (Å²) in [5, 5.41) is 19.1. The Kier molecular flexibility index (Phi) is 12.3. The first-order valence-electron chi connectivity index (χ1n) is 15.7. The Balaban J connectivity index is 0.00000225. The van der Waals surface area contributed by atoms with Crippen LogP contribution in [0.5, 0.6) is 0 Å². The van der Waals surface area contributed by atoms with Crippen LogP contribution in [0.2, 0.25) is 0 Å². The molecule has 0 heterocycles. The van der Waals surface area contributed by atoms with Crippen LogP contribution in [0.25, 0.3) is 0 Å². The van der Waals surface area contributed by atoms with Crippen molar-refractivity contribution in [1.82, 2.24) is 0 Å². The Bertz CT molecular complexity index is 1220. The van der Waals surface area contributed by atoms with E-state index in [1.165, 1.54) is 5.57 Å². The fourth-order valence-electron chi connectivity index (χ4n) is 11.0. The predicted molar refractivity (Wildman–Crippen MR) is 168 cm³/mol. The molecule has 10 heteroatoms. The Morgan fingerprint density at radius 3 is 2.07 bits per heavy atom. The van der Waals surface area contributed by atoms with E-state index in [1.54, 1.807) is 0 Å². The van der Waals surface area contributed by atoms with Crippen molar-refractivity contribution in [3.8, 4) is 0 Å². The molecule has 5 rings (SSSR count). The van der Waals surface area contributed by atoms with E-state index in [0.717, 1.165) is 38.5 Å². The summed E-state index contributed by atoms with van der Waals surface area (Å²) in [6.07, 6.45) is 8.80. The molecule has 240 valence electrons. The van der Waals surface area contributed by atoms with Gasteiger partial charge in [0.1, 0.15) is 6.10 Å². The number of carbonyl (C=O) groups is 4. The molecule has 0 unspecified atom stereocenters. The molecule has 9 atom stereocenters. The summed E-state index contributed by atoms with van der Waals surface area (Å²) in [5.74, 6) is -1.87. The fraction of sp³-hybridized carbons (Fsp3) is 0.824. The van der Waals surface area contributed by atoms with Gasteiger partial charge in [-0.3, -0.25) is 19.2 Å². The molecular weight excluding hydrogens is 622 g/mol. The standard InChI is InChI=1S/C34H50O7.Fe.2Na.2H/c1-29(2)23-10-13-34(7)27(32(23,5)12-11-24(29)41-26(38)9-8-25(36)37)22(35)18-20-21-19-31(4,28(39)40)15-14-30(21,3)16-17-33(20,34)6;;;;;/h18,21,23-24,27H,8-17,19H2,1-7H3,(H,36,37)(H,39,40);;;;;/t21-,23-,24-,27+,30+,31-,32-,33+,34+;;;;;/m0...../s1. The van der Waals surface area contributed by atoms with Gasteiger partial charge in [-0.05, 0) is 104 Å². The number of ketones is 1. The van der Waals surface area contributed by atoms with Crippen molar-refractivity contribution in [2.24, 2.45) is 50.2 Å². The normalized spacial score (nSPS) is 43.4. The molecule has 7 nitrogen and oxygen atoms in total. The molecule has 0 aromatic carbocycles. The third-order valence-corrected chi connectivity index (χ3v) is 13.8. The molecule has 5 aliphatic rings. The van der Waals surface area contributed by atoms with Crippen molar-refractivity contribution in [2.45, 2.75) is 125 Å². The molecule has 5 aliphatic carbocycles. The van der Waals surface area contributed by atoms with Crippen molar-refractivity contribution in [3.05, 3.63) is 11.6 Å². The zero-order valence-electron chi connectivity index (χ0n) is 26.5. The molecule has 0 amide bonds. The van der Waals surface area contributed by atoms with Crippen molar-refractivity contribution in [2.75, 3.05) is 0 Å². The number of esters is 1. The maximum atomic E-state index is 14.5. The van der Waals surface area contributed by atoms with Crippen LogP contribution in [0, 0.1) is 50.2 Å². The van der Waals surface area contributed by atoms with Crippen LogP contribution in [0.15, 0.2) is 11.6 Å². The van der Waals surface area contributed by atoms with Gasteiger partial charge in [0.2, 0.25) is 0 Å². The summed E-state index contributed by atoms with van der Waals surface area (Å²) < 4.78 is 5.91. The number of carbonyl (C=O) groups excluding carboxylic acids is 2. The van der Waals surface area contributed by atoms with Crippen LogP contribution >= 0.6 is 0 Å². The van der Waals surface area contributed by atoms with Crippen LogP contribution < -0.4 is 0 Å². The second-order valence-electron chi connectivity index (χ2n) is 16.3. The van der Waals surface area contributed by atoms with E-state index in [9.17, 15) is 24.3 Å². The van der Waals surface area contributed by atoms with Crippen LogP contribution in [0.1, 0.15) is 119 Å². The van der Waals surface area contributed by atoms with Gasteiger partial charge >= 0.3 is 77.0 Å². The second-order valence-corrected chi connectivity index (χ2v) is 16.3. The number of carboxylic acids is 2. The molecule has 0 aromatic heterocycles. The van der Waals surface area contributed by atoms with Gasteiger partial charge in [0.15, 0.2) is 5.78 Å². The zero-order valence-corrected chi connectivity index (χ0v) is 27.6. The number of carboxylic acid groups (broad SMARTS) is 2. The van der Waals surface area contributed by atoms with Crippen molar-refractivity contribution in [3.63, 3.8) is 0 Å². The van der Waals surface area contributed by atoms with Gasteiger partial charge in [0.25, 0.3) is 0 Å². The first-order valence-corrected chi connectivity index (χ1v) is 15.7. The molecule has 0 bridgehead atoms. The molecule has 4 saturated carbocycles. The zero-order chi connectivity index (χ0) is 30.4. The van der Waals surface area contributed by atoms with Gasteiger partial charge in [-0.15, -0.1) is 0 Å². The van der Waals surface area contributed by atoms with Crippen molar-refractivity contribution in [1.29, 1.82) is 0 Å². The maximum absolute atomic E-state index is 14.5. The average molecular weight is 675 g/mol. The number of fused-ring (bicyclic) bond motifs is 7. The van der Waals surface area contributed by atoms with E-state index in [2.05, 4.69) is 41.5 Å². The Morgan fingerprint density at radius 1 is 0.864 bits per heavy atom. The van der Waals surface area contributed by atoms with Gasteiger partial charge in [0, 0.05) is 28.4 Å². The first-order chi connectivity index (χ1) is 18.8. The number of allylic oxidation sites excluding steroid dienone is 2. The molecule has 0 aliphatic heterocycles. The van der Waals surface area contributed by atoms with E-state index in [1.807, 2.05) is 13.0 Å². The van der Waals surface area contributed by atoms with E-state index in [4.69, 9.17) is 9.84 Å². The van der Waals surface area contributed by atoms with Crippen molar-refractivity contribution >= 4 is 82.8 Å². The van der Waals surface area contributed by atoms with Crippen LogP contribution in [-0.4, -0.2) is 99.1 Å². The monoisotopic (exact) mass is 674 g/mol. The number of aliphatic carboxylic acids is 2. The second kappa shape index (κ2) is 13.3. The third-order valence-electron chi connectivity index (χ3n) is 13.8. The minimum atomic E-state index is -1.01. The fourth-order valence-corrected chi connectivity index (χ4v) is 11.0. The van der Waals surface area contributed by atoms with Gasteiger partial charge < -0.3 is 14.9 Å². The quantitative estimate of drug-likeness (QED) is 0.291. The Hall–Kier alpha value is 0.339. The average Bonchev–Trinajstić information content (AvgIpc) is 2.86.